The molecular formula is C12H22N4O. The van der Waals surface area contributed by atoms with Crippen LogP contribution in [0.15, 0.2) is 0 Å². The Morgan fingerprint density at radius 2 is 2.35 bits per heavy atom. The van der Waals surface area contributed by atoms with Gasteiger partial charge in [-0.25, -0.2) is 0 Å². The van der Waals surface area contributed by atoms with E-state index in [9.17, 15) is 4.79 Å². The zero-order valence-corrected chi connectivity index (χ0v) is 10.6. The average Bonchev–Trinajstić information content (AvgIpc) is 2.28. The van der Waals surface area contributed by atoms with Gasteiger partial charge in [-0.05, 0) is 33.2 Å². The van der Waals surface area contributed by atoms with E-state index in [1.807, 2.05) is 13.8 Å². The number of amides is 1. The van der Waals surface area contributed by atoms with E-state index in [1.165, 1.54) is 0 Å². The van der Waals surface area contributed by atoms with E-state index in [0.717, 1.165) is 19.4 Å². The zero-order valence-electron chi connectivity index (χ0n) is 10.6. The van der Waals surface area contributed by atoms with Gasteiger partial charge in [0.05, 0.1) is 12.0 Å². The molecule has 1 amide bonds. The highest BCUT2D eigenvalue weighted by molar-refractivity contribution is 5.76. The van der Waals surface area contributed by atoms with Crippen molar-refractivity contribution in [3.8, 4) is 6.07 Å². The minimum Gasteiger partial charge on any atom is -0.369 e. The maximum Gasteiger partial charge on any atom is 0.221 e. The highest BCUT2D eigenvalue weighted by Crippen LogP contribution is 2.16. The number of hydrogen-bond donors (Lipinski definition) is 2. The van der Waals surface area contributed by atoms with E-state index in [1.54, 1.807) is 0 Å². The number of nitriles is 1. The second-order valence-corrected chi connectivity index (χ2v) is 5.00. The minimum absolute atomic E-state index is 0.0536. The van der Waals surface area contributed by atoms with Crippen LogP contribution in [0.3, 0.4) is 0 Å². The lowest BCUT2D eigenvalue weighted by molar-refractivity contribution is -0.123. The second-order valence-electron chi connectivity index (χ2n) is 5.00. The molecule has 1 aliphatic rings. The number of nitrogens with two attached hydrogens (primary N) is 1. The summed E-state index contributed by atoms with van der Waals surface area (Å²) in [6, 6.07) is 2.37. The molecular weight excluding hydrogens is 216 g/mol. The summed E-state index contributed by atoms with van der Waals surface area (Å²) < 4.78 is 0. The van der Waals surface area contributed by atoms with E-state index < -0.39 is 0 Å². The number of carbonyl (C=O) groups excluding carboxylic acids is 1. The molecule has 0 aliphatic carbocycles. The first-order valence-corrected chi connectivity index (χ1v) is 6.20. The third-order valence-electron chi connectivity index (χ3n) is 3.04. The normalized spacial score (nSPS) is 23.3. The van der Waals surface area contributed by atoms with Crippen LogP contribution in [0.5, 0.6) is 0 Å². The smallest absolute Gasteiger partial charge is 0.221 e. The maximum atomic E-state index is 11.1. The molecule has 2 atom stereocenters. The molecule has 5 heteroatoms. The average molecular weight is 238 g/mol. The molecule has 1 saturated heterocycles. The monoisotopic (exact) mass is 238 g/mol. The van der Waals surface area contributed by atoms with Gasteiger partial charge in [-0.15, -0.1) is 0 Å². The number of nitrogens with zero attached hydrogens (tertiary/aromatic N) is 2. The number of hydrogen-bond acceptors (Lipinski definition) is 4. The Balaban J connectivity index is 2.44. The van der Waals surface area contributed by atoms with Gasteiger partial charge in [0.1, 0.15) is 6.04 Å². The van der Waals surface area contributed by atoms with Gasteiger partial charge in [0.15, 0.2) is 0 Å². The Morgan fingerprint density at radius 1 is 1.65 bits per heavy atom. The van der Waals surface area contributed by atoms with E-state index >= 15 is 0 Å². The Hall–Kier alpha value is -1.12. The van der Waals surface area contributed by atoms with Crippen LogP contribution in [0.1, 0.15) is 26.7 Å². The Kier molecular flexibility index (Phi) is 5.39. The molecule has 1 rings (SSSR count). The van der Waals surface area contributed by atoms with Crippen molar-refractivity contribution in [3.05, 3.63) is 0 Å². The van der Waals surface area contributed by atoms with Crippen LogP contribution in [0.2, 0.25) is 0 Å². The molecule has 0 aromatic rings. The summed E-state index contributed by atoms with van der Waals surface area (Å²) in [5.41, 5.74) is 5.33. The van der Waals surface area contributed by atoms with E-state index in [2.05, 4.69) is 16.3 Å². The first-order valence-electron chi connectivity index (χ1n) is 6.20. The topological polar surface area (TPSA) is 82.2 Å². The van der Waals surface area contributed by atoms with Crippen molar-refractivity contribution in [2.45, 2.75) is 38.8 Å². The van der Waals surface area contributed by atoms with Gasteiger partial charge in [0.2, 0.25) is 5.91 Å². The molecule has 5 nitrogen and oxygen atoms in total. The number of piperidine rings is 1. The maximum absolute atomic E-state index is 11.1. The predicted molar refractivity (Wildman–Crippen MR) is 66.0 cm³/mol. The van der Waals surface area contributed by atoms with Crippen LogP contribution in [-0.2, 0) is 4.79 Å². The summed E-state index contributed by atoms with van der Waals surface area (Å²) >= 11 is 0. The highest BCUT2D eigenvalue weighted by Gasteiger charge is 2.25. The standard InChI is InChI=1S/C12H22N4O/c1-9(2)15-11(6-13)8-16-5-3-4-10(7-16)12(14)17/h9-11,15H,3-5,7-8H2,1-2H3,(H2,14,17). The summed E-state index contributed by atoms with van der Waals surface area (Å²) in [7, 11) is 0. The number of rotatable bonds is 5. The number of primary amides is 1. The minimum atomic E-state index is -0.222. The van der Waals surface area contributed by atoms with Crippen LogP contribution >= 0.6 is 0 Å². The zero-order chi connectivity index (χ0) is 12.8. The van der Waals surface area contributed by atoms with Gasteiger partial charge in [0, 0.05) is 19.1 Å². The van der Waals surface area contributed by atoms with E-state index in [0.29, 0.717) is 13.1 Å². The second kappa shape index (κ2) is 6.58. The van der Waals surface area contributed by atoms with Crippen molar-refractivity contribution < 1.29 is 4.79 Å². The van der Waals surface area contributed by atoms with Gasteiger partial charge in [-0.1, -0.05) is 0 Å². The fourth-order valence-electron chi connectivity index (χ4n) is 2.24. The predicted octanol–water partition coefficient (Wildman–Crippen LogP) is 0.0739. The lowest BCUT2D eigenvalue weighted by Crippen LogP contribution is -2.48. The van der Waals surface area contributed by atoms with Gasteiger partial charge in [0.25, 0.3) is 0 Å². The van der Waals surface area contributed by atoms with Crippen molar-refractivity contribution in [2.24, 2.45) is 11.7 Å². The van der Waals surface area contributed by atoms with Gasteiger partial charge >= 0.3 is 0 Å². The van der Waals surface area contributed by atoms with E-state index in [4.69, 9.17) is 11.0 Å². The summed E-state index contributed by atoms with van der Waals surface area (Å²) in [5, 5.41) is 12.3. The summed E-state index contributed by atoms with van der Waals surface area (Å²) in [5.74, 6) is -0.276. The van der Waals surface area contributed by atoms with Crippen LogP contribution in [0, 0.1) is 17.2 Å². The molecule has 1 fully saturated rings. The molecule has 0 radical (unpaired) electrons. The van der Waals surface area contributed by atoms with Crippen LogP contribution in [0.25, 0.3) is 0 Å². The molecule has 1 aliphatic heterocycles. The Bertz CT molecular complexity index is 297. The number of carbonyl (C=O) groups is 1. The first kappa shape index (κ1) is 13.9. The Labute approximate surface area is 103 Å². The van der Waals surface area contributed by atoms with Gasteiger partial charge < -0.3 is 5.73 Å². The molecule has 0 aromatic heterocycles. The molecule has 2 unspecified atom stereocenters. The molecule has 0 bridgehead atoms. The Morgan fingerprint density at radius 3 is 2.88 bits per heavy atom. The van der Waals surface area contributed by atoms with Crippen LogP contribution in [-0.4, -0.2) is 42.5 Å². The number of nitrogens with one attached hydrogen (secondary N) is 1. The lowest BCUT2D eigenvalue weighted by Gasteiger charge is -2.32. The fourth-order valence-corrected chi connectivity index (χ4v) is 2.24. The van der Waals surface area contributed by atoms with Gasteiger partial charge in [-0.3, -0.25) is 15.0 Å². The van der Waals surface area contributed by atoms with Crippen molar-refractivity contribution in [1.82, 2.24) is 10.2 Å². The molecule has 96 valence electrons. The van der Waals surface area contributed by atoms with Crippen molar-refractivity contribution >= 4 is 5.91 Å². The molecule has 0 saturated carbocycles. The van der Waals surface area contributed by atoms with E-state index in [-0.39, 0.29) is 23.9 Å². The lowest BCUT2D eigenvalue weighted by atomic mass is 9.97. The fraction of sp³-hybridized carbons (Fsp3) is 0.833. The molecule has 0 aromatic carbocycles. The van der Waals surface area contributed by atoms with Crippen LogP contribution in [0.4, 0.5) is 0 Å². The third kappa shape index (κ3) is 4.72. The summed E-state index contributed by atoms with van der Waals surface area (Å²) in [6.07, 6.45) is 1.86. The first-order chi connectivity index (χ1) is 8.02. The van der Waals surface area contributed by atoms with Crippen molar-refractivity contribution in [2.75, 3.05) is 19.6 Å². The highest BCUT2D eigenvalue weighted by atomic mass is 16.1. The SMILES string of the molecule is CC(C)NC(C#N)CN1CCCC(C(N)=O)C1. The van der Waals surface area contributed by atoms with Crippen molar-refractivity contribution in [1.29, 1.82) is 5.26 Å². The van der Waals surface area contributed by atoms with Crippen molar-refractivity contribution in [3.63, 3.8) is 0 Å². The molecule has 17 heavy (non-hydrogen) atoms. The van der Waals surface area contributed by atoms with Crippen LogP contribution < -0.4 is 11.1 Å². The molecule has 1 heterocycles. The molecule has 3 N–H and O–H groups in total. The summed E-state index contributed by atoms with van der Waals surface area (Å²) in [4.78, 5) is 13.3. The van der Waals surface area contributed by atoms with Gasteiger partial charge in [-0.2, -0.15) is 5.26 Å². The quantitative estimate of drug-likeness (QED) is 0.710. The molecule has 0 spiro atoms. The largest absolute Gasteiger partial charge is 0.369 e. The number of likely N-dealkylation sites (tertiary alicyclic amines) is 1. The third-order valence-corrected chi connectivity index (χ3v) is 3.04. The summed E-state index contributed by atoms with van der Waals surface area (Å²) in [6.45, 7) is 6.34.